The van der Waals surface area contributed by atoms with E-state index in [1.807, 2.05) is 42.5 Å². The van der Waals surface area contributed by atoms with E-state index in [1.54, 1.807) is 0 Å². The van der Waals surface area contributed by atoms with Gasteiger partial charge in [0.15, 0.2) is 0 Å². The molecule has 0 aliphatic heterocycles. The van der Waals surface area contributed by atoms with Crippen molar-refractivity contribution in [3.63, 3.8) is 0 Å². The highest BCUT2D eigenvalue weighted by molar-refractivity contribution is 7.17. The van der Waals surface area contributed by atoms with Crippen LogP contribution in [0.1, 0.15) is 33.6 Å². The van der Waals surface area contributed by atoms with Gasteiger partial charge in [-0.25, -0.2) is 0 Å². The zero-order chi connectivity index (χ0) is 20.8. The van der Waals surface area contributed by atoms with Crippen molar-refractivity contribution in [1.29, 1.82) is 0 Å². The van der Waals surface area contributed by atoms with Crippen LogP contribution in [0.2, 0.25) is 0 Å². The first-order valence-corrected chi connectivity index (χ1v) is 11.1. The molecule has 1 fully saturated rings. The third-order valence-corrected chi connectivity index (χ3v) is 7.67. The second kappa shape index (κ2) is 7.40. The molecule has 30 heavy (non-hydrogen) atoms. The molecule has 0 saturated heterocycles. The number of benzene rings is 1. The first kappa shape index (κ1) is 19.1. The molecule has 3 N–H and O–H groups in total. The molecular formula is C23H22N2O4S. The third kappa shape index (κ3) is 3.13. The molecule has 1 aromatic carbocycles. The minimum absolute atomic E-state index is 0.0514. The summed E-state index contributed by atoms with van der Waals surface area (Å²) in [5.41, 5.74) is 2.23. The number of allylic oxidation sites excluding steroid dienone is 2. The van der Waals surface area contributed by atoms with E-state index in [1.165, 1.54) is 11.3 Å². The molecule has 1 heterocycles. The van der Waals surface area contributed by atoms with Gasteiger partial charge in [-0.2, -0.15) is 0 Å². The molecule has 6 nitrogen and oxygen atoms in total. The Bertz CT molecular complexity index is 1060. The van der Waals surface area contributed by atoms with Gasteiger partial charge in [-0.1, -0.05) is 30.4 Å². The Morgan fingerprint density at radius 1 is 0.967 bits per heavy atom. The Morgan fingerprint density at radius 2 is 1.70 bits per heavy atom. The van der Waals surface area contributed by atoms with E-state index in [-0.39, 0.29) is 23.7 Å². The quantitative estimate of drug-likeness (QED) is 0.636. The number of fused-ring (bicyclic) bond motifs is 3. The average molecular weight is 423 g/mol. The molecule has 7 heteroatoms. The normalized spacial score (nSPS) is 25.9. The topological polar surface area (TPSA) is 95.5 Å². The number of carbonyl (C=O) groups is 3. The first-order chi connectivity index (χ1) is 14.5. The van der Waals surface area contributed by atoms with E-state index in [0.29, 0.717) is 22.7 Å². The number of rotatable bonds is 5. The molecule has 3 aliphatic rings. The van der Waals surface area contributed by atoms with Gasteiger partial charge in [0.25, 0.3) is 5.91 Å². The molecule has 2 bridgehead atoms. The van der Waals surface area contributed by atoms with Crippen molar-refractivity contribution in [1.82, 2.24) is 0 Å². The molecule has 0 spiro atoms. The van der Waals surface area contributed by atoms with Gasteiger partial charge in [0.05, 0.1) is 17.4 Å². The molecule has 2 aromatic rings. The van der Waals surface area contributed by atoms with Crippen LogP contribution in [-0.2, 0) is 22.4 Å². The van der Waals surface area contributed by atoms with Crippen molar-refractivity contribution in [2.45, 2.75) is 25.7 Å². The van der Waals surface area contributed by atoms with Crippen molar-refractivity contribution in [3.8, 4) is 0 Å². The van der Waals surface area contributed by atoms with Crippen molar-refractivity contribution in [2.24, 2.45) is 23.7 Å². The number of hydrogen-bond acceptors (Lipinski definition) is 4. The van der Waals surface area contributed by atoms with Crippen LogP contribution in [0.15, 0.2) is 42.5 Å². The number of aliphatic carboxylic acids is 1. The number of thiophene rings is 1. The summed E-state index contributed by atoms with van der Waals surface area (Å²) >= 11 is 1.45. The second-order valence-electron chi connectivity index (χ2n) is 8.21. The number of carboxylic acid groups (broad SMARTS) is 1. The molecule has 0 unspecified atom stereocenters. The lowest BCUT2D eigenvalue weighted by atomic mass is 9.82. The molecule has 5 rings (SSSR count). The Labute approximate surface area is 178 Å². The number of anilines is 2. The number of carboxylic acids is 1. The SMILES string of the molecule is O=C(Nc1ccccc1)c1c(NC(=O)[C@H]2[C@@H](C(=O)O)[C@H]3C=C[C@@H]2C3)sc2c1CCC2. The largest absolute Gasteiger partial charge is 0.481 e. The van der Waals surface area contributed by atoms with Crippen LogP contribution in [0, 0.1) is 23.7 Å². The Hall–Kier alpha value is -2.93. The summed E-state index contributed by atoms with van der Waals surface area (Å²) in [7, 11) is 0. The predicted molar refractivity (Wildman–Crippen MR) is 115 cm³/mol. The molecule has 1 saturated carbocycles. The van der Waals surface area contributed by atoms with E-state index < -0.39 is 17.8 Å². The first-order valence-electron chi connectivity index (χ1n) is 10.3. The minimum atomic E-state index is -0.928. The lowest BCUT2D eigenvalue weighted by Crippen LogP contribution is -2.36. The van der Waals surface area contributed by atoms with Crippen LogP contribution in [0.4, 0.5) is 10.7 Å². The summed E-state index contributed by atoms with van der Waals surface area (Å²) < 4.78 is 0. The highest BCUT2D eigenvalue weighted by atomic mass is 32.1. The Morgan fingerprint density at radius 3 is 2.43 bits per heavy atom. The summed E-state index contributed by atoms with van der Waals surface area (Å²) in [6, 6.07) is 9.23. The van der Waals surface area contributed by atoms with E-state index in [9.17, 15) is 19.5 Å². The molecular weight excluding hydrogens is 400 g/mol. The summed E-state index contributed by atoms with van der Waals surface area (Å²) in [6.07, 6.45) is 7.30. The van der Waals surface area contributed by atoms with Gasteiger partial charge < -0.3 is 15.7 Å². The number of nitrogens with one attached hydrogen (secondary N) is 2. The molecule has 3 aliphatic carbocycles. The number of hydrogen-bond donors (Lipinski definition) is 3. The third-order valence-electron chi connectivity index (χ3n) is 6.46. The van der Waals surface area contributed by atoms with Crippen LogP contribution in [0.5, 0.6) is 0 Å². The smallest absolute Gasteiger partial charge is 0.307 e. The van der Waals surface area contributed by atoms with Gasteiger partial charge in [0, 0.05) is 10.6 Å². The van der Waals surface area contributed by atoms with Gasteiger partial charge in [-0.3, -0.25) is 14.4 Å². The lowest BCUT2D eigenvalue weighted by Gasteiger charge is -2.23. The average Bonchev–Trinajstić information content (AvgIpc) is 3.48. The molecule has 1 aromatic heterocycles. The van der Waals surface area contributed by atoms with Gasteiger partial charge >= 0.3 is 5.97 Å². The Balaban J connectivity index is 1.42. The Kier molecular flexibility index (Phi) is 4.70. The van der Waals surface area contributed by atoms with Crippen LogP contribution < -0.4 is 10.6 Å². The van der Waals surface area contributed by atoms with Crippen LogP contribution in [0.3, 0.4) is 0 Å². The fraction of sp³-hybridized carbons (Fsp3) is 0.348. The molecule has 154 valence electrons. The number of carbonyl (C=O) groups excluding carboxylic acids is 2. The van der Waals surface area contributed by atoms with Crippen LogP contribution >= 0.6 is 11.3 Å². The highest BCUT2D eigenvalue weighted by Crippen LogP contribution is 2.49. The maximum Gasteiger partial charge on any atom is 0.307 e. The summed E-state index contributed by atoms with van der Waals surface area (Å²) in [4.78, 5) is 39.1. The van der Waals surface area contributed by atoms with Crippen LogP contribution in [0.25, 0.3) is 0 Å². The van der Waals surface area contributed by atoms with E-state index in [2.05, 4.69) is 10.6 Å². The van der Waals surface area contributed by atoms with Gasteiger partial charge in [-0.15, -0.1) is 11.3 Å². The van der Waals surface area contributed by atoms with Gasteiger partial charge in [0.1, 0.15) is 5.00 Å². The van der Waals surface area contributed by atoms with E-state index in [0.717, 1.165) is 29.7 Å². The second-order valence-corrected chi connectivity index (χ2v) is 9.31. The van der Waals surface area contributed by atoms with E-state index >= 15 is 0 Å². The monoisotopic (exact) mass is 422 g/mol. The fourth-order valence-electron chi connectivity index (χ4n) is 5.16. The van der Waals surface area contributed by atoms with Crippen LogP contribution in [-0.4, -0.2) is 22.9 Å². The zero-order valence-electron chi connectivity index (χ0n) is 16.3. The predicted octanol–water partition coefficient (Wildman–Crippen LogP) is 3.95. The highest BCUT2D eigenvalue weighted by Gasteiger charge is 2.51. The molecule has 0 radical (unpaired) electrons. The standard InChI is InChI=1S/C23H22N2O4S/c26-20(17-12-9-10-13(11-12)18(17)23(28)29)25-22-19(15-7-4-8-16(15)30-22)21(27)24-14-5-2-1-3-6-14/h1-3,5-6,9-10,12-13,17-18H,4,7-8,11H2,(H,24,27)(H,25,26)(H,28,29)/t12-,13+,17-,18+/m1/s1. The van der Waals surface area contributed by atoms with Crippen molar-refractivity contribution in [3.05, 3.63) is 58.5 Å². The molecule has 4 atom stereocenters. The lowest BCUT2D eigenvalue weighted by molar-refractivity contribution is -0.146. The fourth-order valence-corrected chi connectivity index (χ4v) is 6.45. The maximum atomic E-state index is 13.1. The molecule has 2 amide bonds. The number of para-hydroxylation sites is 1. The number of amides is 2. The minimum Gasteiger partial charge on any atom is -0.481 e. The van der Waals surface area contributed by atoms with Crippen molar-refractivity contribution in [2.75, 3.05) is 10.6 Å². The number of aryl methyl sites for hydroxylation is 1. The van der Waals surface area contributed by atoms with Gasteiger partial charge in [-0.05, 0) is 55.2 Å². The van der Waals surface area contributed by atoms with E-state index in [4.69, 9.17) is 0 Å². The van der Waals surface area contributed by atoms with Crippen molar-refractivity contribution < 1.29 is 19.5 Å². The van der Waals surface area contributed by atoms with Crippen molar-refractivity contribution >= 4 is 39.8 Å². The zero-order valence-corrected chi connectivity index (χ0v) is 17.1. The maximum absolute atomic E-state index is 13.1. The summed E-state index contributed by atoms with van der Waals surface area (Å²) in [5.74, 6) is -2.90. The van der Waals surface area contributed by atoms with Gasteiger partial charge in [0.2, 0.25) is 5.91 Å². The summed E-state index contributed by atoms with van der Waals surface area (Å²) in [5, 5.41) is 16.0. The summed E-state index contributed by atoms with van der Waals surface area (Å²) in [6.45, 7) is 0.